The van der Waals surface area contributed by atoms with E-state index in [4.69, 9.17) is 5.11 Å². The van der Waals surface area contributed by atoms with E-state index in [0.29, 0.717) is 9.89 Å². The zero-order valence-corrected chi connectivity index (χ0v) is 14.1. The maximum absolute atomic E-state index is 10.8. The Labute approximate surface area is 139 Å². The van der Waals surface area contributed by atoms with Gasteiger partial charge in [0, 0.05) is 5.39 Å². The fraction of sp³-hybridized carbons (Fsp3) is 0.133. The van der Waals surface area contributed by atoms with Crippen LogP contribution in [0.4, 0.5) is 0 Å². The maximum atomic E-state index is 10.8. The second kappa shape index (κ2) is 6.10. The lowest BCUT2D eigenvalue weighted by Gasteiger charge is -2.12. The van der Waals surface area contributed by atoms with Crippen LogP contribution in [0.5, 0.6) is 0 Å². The van der Waals surface area contributed by atoms with Gasteiger partial charge in [0.05, 0.1) is 11.4 Å². The van der Waals surface area contributed by atoms with Gasteiger partial charge in [-0.3, -0.25) is 9.36 Å². The Bertz CT molecular complexity index is 863. The van der Waals surface area contributed by atoms with Crippen molar-refractivity contribution in [1.29, 1.82) is 0 Å². The third-order valence-corrected chi connectivity index (χ3v) is 4.71. The predicted molar refractivity (Wildman–Crippen MR) is 89.7 cm³/mol. The highest BCUT2D eigenvalue weighted by atomic mass is 79.9. The third-order valence-electron chi connectivity index (χ3n) is 3.28. The van der Waals surface area contributed by atoms with Gasteiger partial charge in [0.2, 0.25) is 4.73 Å². The molecule has 1 heterocycles. The van der Waals surface area contributed by atoms with Crippen molar-refractivity contribution in [2.45, 2.75) is 12.1 Å². The number of carboxylic acids is 1. The van der Waals surface area contributed by atoms with Crippen molar-refractivity contribution >= 4 is 44.4 Å². The lowest BCUT2D eigenvalue weighted by Crippen LogP contribution is -2.03. The summed E-state index contributed by atoms with van der Waals surface area (Å²) in [5, 5.41) is 19.7. The first-order chi connectivity index (χ1) is 10.6. The Morgan fingerprint density at radius 1 is 1.23 bits per heavy atom. The summed E-state index contributed by atoms with van der Waals surface area (Å²) in [6.45, 7) is 2.06. The molecule has 1 aromatic heterocycles. The van der Waals surface area contributed by atoms with Crippen molar-refractivity contribution in [1.82, 2.24) is 14.8 Å². The van der Waals surface area contributed by atoms with Gasteiger partial charge in [-0.15, -0.1) is 10.2 Å². The van der Waals surface area contributed by atoms with Crippen molar-refractivity contribution < 1.29 is 9.90 Å². The maximum Gasteiger partial charge on any atom is 0.313 e. The normalized spacial score (nSPS) is 11.0. The number of fused-ring (bicyclic) bond motifs is 1. The fourth-order valence-corrected chi connectivity index (χ4v) is 3.52. The molecule has 0 amide bonds. The molecule has 3 aromatic rings. The van der Waals surface area contributed by atoms with Crippen LogP contribution in [0.15, 0.2) is 46.3 Å². The quantitative estimate of drug-likeness (QED) is 0.702. The highest BCUT2D eigenvalue weighted by molar-refractivity contribution is 9.10. The van der Waals surface area contributed by atoms with E-state index < -0.39 is 5.97 Å². The van der Waals surface area contributed by atoms with Crippen LogP contribution in [0.2, 0.25) is 0 Å². The molecule has 0 atom stereocenters. The predicted octanol–water partition coefficient (Wildman–Crippen LogP) is 3.67. The number of thioether (sulfide) groups is 1. The second-order valence-electron chi connectivity index (χ2n) is 4.72. The number of carbonyl (C=O) groups is 1. The lowest BCUT2D eigenvalue weighted by atomic mass is 10.0. The number of rotatable bonds is 4. The number of hydrogen-bond acceptors (Lipinski definition) is 4. The molecule has 0 radical (unpaired) electrons. The summed E-state index contributed by atoms with van der Waals surface area (Å²) in [7, 11) is 0. The Kier molecular flexibility index (Phi) is 4.17. The van der Waals surface area contributed by atoms with Crippen molar-refractivity contribution in [3.63, 3.8) is 0 Å². The van der Waals surface area contributed by atoms with Crippen LogP contribution in [-0.2, 0) is 4.79 Å². The van der Waals surface area contributed by atoms with Gasteiger partial charge in [-0.2, -0.15) is 0 Å². The topological polar surface area (TPSA) is 68.0 Å². The Morgan fingerprint density at radius 2 is 1.95 bits per heavy atom. The van der Waals surface area contributed by atoms with E-state index in [1.54, 1.807) is 0 Å². The first-order valence-electron chi connectivity index (χ1n) is 6.52. The molecule has 5 nitrogen and oxygen atoms in total. The SMILES string of the molecule is Cc1ccc(-n2c(Br)nnc2SCC(=O)O)c2ccccc12. The number of aromatic nitrogens is 3. The summed E-state index contributed by atoms with van der Waals surface area (Å²) in [6, 6.07) is 12.1. The number of hydrogen-bond donors (Lipinski definition) is 1. The molecule has 0 aliphatic heterocycles. The standard InChI is InChI=1S/C15H12BrN3O2S/c1-9-6-7-12(11-5-3-2-4-10(9)11)19-14(16)17-18-15(19)22-8-13(20)21/h2-7H,8H2,1H3,(H,20,21). The molecule has 0 aliphatic carbocycles. The van der Waals surface area contributed by atoms with Crippen molar-refractivity contribution in [3.8, 4) is 5.69 Å². The van der Waals surface area contributed by atoms with E-state index >= 15 is 0 Å². The number of nitrogens with zero attached hydrogens (tertiary/aromatic N) is 3. The Balaban J connectivity index is 2.18. The average Bonchev–Trinajstić information content (AvgIpc) is 2.87. The largest absolute Gasteiger partial charge is 0.481 e. The molecular formula is C15H12BrN3O2S. The summed E-state index contributed by atoms with van der Waals surface area (Å²) in [5.74, 6) is -0.945. The third kappa shape index (κ3) is 2.74. The van der Waals surface area contributed by atoms with Crippen LogP contribution in [0.1, 0.15) is 5.56 Å². The van der Waals surface area contributed by atoms with Crippen LogP contribution >= 0.6 is 27.7 Å². The molecule has 0 spiro atoms. The van der Waals surface area contributed by atoms with Gasteiger partial charge < -0.3 is 5.11 Å². The number of halogens is 1. The minimum absolute atomic E-state index is 0.0606. The van der Waals surface area contributed by atoms with Gasteiger partial charge in [0.25, 0.3) is 0 Å². The molecule has 22 heavy (non-hydrogen) atoms. The van der Waals surface area contributed by atoms with Crippen molar-refractivity contribution in [2.75, 3.05) is 5.75 Å². The summed E-state index contributed by atoms with van der Waals surface area (Å²) in [4.78, 5) is 10.8. The molecule has 0 saturated heterocycles. The second-order valence-corrected chi connectivity index (χ2v) is 6.37. The van der Waals surface area contributed by atoms with Crippen LogP contribution in [0, 0.1) is 6.92 Å². The van der Waals surface area contributed by atoms with Gasteiger partial charge in [0.15, 0.2) is 5.16 Å². The van der Waals surface area contributed by atoms with E-state index in [-0.39, 0.29) is 5.75 Å². The van der Waals surface area contributed by atoms with E-state index in [0.717, 1.165) is 28.2 Å². The molecule has 0 aliphatic rings. The Hall–Kier alpha value is -1.86. The van der Waals surface area contributed by atoms with Crippen molar-refractivity contribution in [3.05, 3.63) is 46.7 Å². The highest BCUT2D eigenvalue weighted by Gasteiger charge is 2.16. The number of carboxylic acid groups (broad SMARTS) is 1. The zero-order valence-electron chi connectivity index (χ0n) is 11.7. The number of benzene rings is 2. The van der Waals surface area contributed by atoms with Gasteiger partial charge in [-0.05, 0) is 39.9 Å². The van der Waals surface area contributed by atoms with Gasteiger partial charge >= 0.3 is 5.97 Å². The van der Waals surface area contributed by atoms with Crippen LogP contribution < -0.4 is 0 Å². The fourth-order valence-electron chi connectivity index (χ4n) is 2.30. The van der Waals surface area contributed by atoms with Gasteiger partial charge in [-0.25, -0.2) is 0 Å². The molecule has 0 fully saturated rings. The van der Waals surface area contributed by atoms with E-state index in [1.165, 1.54) is 5.56 Å². The molecule has 2 aromatic carbocycles. The van der Waals surface area contributed by atoms with E-state index in [9.17, 15) is 4.79 Å². The molecule has 0 unspecified atom stereocenters. The summed E-state index contributed by atoms with van der Waals surface area (Å²) < 4.78 is 2.38. The van der Waals surface area contributed by atoms with Crippen LogP contribution in [0.3, 0.4) is 0 Å². The molecule has 1 N–H and O–H groups in total. The first kappa shape index (κ1) is 15.1. The summed E-state index contributed by atoms with van der Waals surface area (Å²) >= 11 is 4.54. The summed E-state index contributed by atoms with van der Waals surface area (Å²) in [5.41, 5.74) is 2.11. The smallest absolute Gasteiger partial charge is 0.313 e. The monoisotopic (exact) mass is 377 g/mol. The molecular weight excluding hydrogens is 366 g/mol. The lowest BCUT2D eigenvalue weighted by molar-refractivity contribution is -0.133. The molecule has 0 saturated carbocycles. The van der Waals surface area contributed by atoms with Crippen LogP contribution in [-0.4, -0.2) is 31.6 Å². The van der Waals surface area contributed by atoms with E-state index in [2.05, 4.69) is 39.1 Å². The first-order valence-corrected chi connectivity index (χ1v) is 8.30. The minimum atomic E-state index is -0.885. The van der Waals surface area contributed by atoms with Gasteiger partial charge in [0.1, 0.15) is 0 Å². The van der Waals surface area contributed by atoms with E-state index in [1.807, 2.05) is 34.9 Å². The minimum Gasteiger partial charge on any atom is -0.481 e. The molecule has 7 heteroatoms. The number of aliphatic carboxylic acids is 1. The highest BCUT2D eigenvalue weighted by Crippen LogP contribution is 2.31. The van der Waals surface area contributed by atoms with Crippen molar-refractivity contribution in [2.24, 2.45) is 0 Å². The zero-order chi connectivity index (χ0) is 15.7. The molecule has 112 valence electrons. The summed E-state index contributed by atoms with van der Waals surface area (Å²) in [6.07, 6.45) is 0. The number of aryl methyl sites for hydroxylation is 1. The van der Waals surface area contributed by atoms with Gasteiger partial charge in [-0.1, -0.05) is 42.1 Å². The average molecular weight is 378 g/mol. The van der Waals surface area contributed by atoms with Crippen LogP contribution in [0.25, 0.3) is 16.5 Å². The molecule has 3 rings (SSSR count). The molecule has 0 bridgehead atoms. The Morgan fingerprint density at radius 3 is 2.68 bits per heavy atom.